The van der Waals surface area contributed by atoms with Crippen LogP contribution >= 0.6 is 11.6 Å². The van der Waals surface area contributed by atoms with Gasteiger partial charge in [0.25, 0.3) is 0 Å². The number of hydrogen-bond acceptors (Lipinski definition) is 2. The van der Waals surface area contributed by atoms with E-state index in [4.69, 9.17) is 11.6 Å². The molecule has 0 aliphatic heterocycles. The van der Waals surface area contributed by atoms with E-state index in [1.807, 2.05) is 13.0 Å². The van der Waals surface area contributed by atoms with Gasteiger partial charge in [-0.2, -0.15) is 0 Å². The highest BCUT2D eigenvalue weighted by Crippen LogP contribution is 2.25. The minimum absolute atomic E-state index is 0.503. The van der Waals surface area contributed by atoms with E-state index in [0.29, 0.717) is 5.02 Å². The van der Waals surface area contributed by atoms with Gasteiger partial charge in [-0.05, 0) is 47.7 Å². The molecule has 0 saturated heterocycles. The largest absolute Gasteiger partial charge is 0.772 e. The Morgan fingerprint density at radius 3 is 2.71 bits per heavy atom. The molecular weight excluding hydrogens is 256 g/mol. The van der Waals surface area contributed by atoms with Crippen LogP contribution in [-0.4, -0.2) is 14.0 Å². The lowest BCUT2D eigenvalue weighted by Gasteiger charge is -2.11. The predicted molar refractivity (Wildman–Crippen MR) is 73.7 cm³/mol. The topological polar surface area (TPSA) is 40.1 Å². The van der Waals surface area contributed by atoms with Crippen LogP contribution in [0, 0.1) is 6.92 Å². The maximum Gasteiger partial charge on any atom is 0.0481 e. The van der Waals surface area contributed by atoms with Gasteiger partial charge in [-0.3, -0.25) is 4.21 Å². The number of rotatable bonds is 4. The Labute approximate surface area is 109 Å². The van der Waals surface area contributed by atoms with Crippen LogP contribution in [0.1, 0.15) is 23.6 Å². The zero-order valence-electron chi connectivity index (χ0n) is 9.77. The van der Waals surface area contributed by atoms with Crippen LogP contribution in [0.25, 0.3) is 12.2 Å². The van der Waals surface area contributed by atoms with Crippen molar-refractivity contribution in [1.82, 2.24) is 0 Å². The first-order chi connectivity index (χ1) is 7.97. The van der Waals surface area contributed by atoms with Crippen molar-refractivity contribution in [2.24, 2.45) is 0 Å². The quantitative estimate of drug-likeness (QED) is 0.784. The Morgan fingerprint density at radius 2 is 2.18 bits per heavy atom. The summed E-state index contributed by atoms with van der Waals surface area (Å²) in [5.41, 5.74) is 2.82. The maximum atomic E-state index is 10.7. The summed E-state index contributed by atoms with van der Waals surface area (Å²) in [5, 5.41) is 0.146. The molecule has 0 radical (unpaired) electrons. The fraction of sp³-hybridized carbons (Fsp3) is 0.231. The molecule has 2 unspecified atom stereocenters. The van der Waals surface area contributed by atoms with E-state index in [0.717, 1.165) is 16.7 Å². The van der Waals surface area contributed by atoms with Gasteiger partial charge >= 0.3 is 0 Å². The monoisotopic (exact) mass is 269 g/mol. The molecular formula is C13H14ClO2S-. The predicted octanol–water partition coefficient (Wildman–Crippen LogP) is 3.57. The summed E-state index contributed by atoms with van der Waals surface area (Å²) in [5.74, 6) is 0. The molecule has 92 valence electrons. The molecule has 0 N–H and O–H groups in total. The van der Waals surface area contributed by atoms with E-state index in [1.54, 1.807) is 31.2 Å². The van der Waals surface area contributed by atoms with Crippen LogP contribution < -0.4 is 0 Å². The van der Waals surface area contributed by atoms with E-state index in [-0.39, 0.29) is 0 Å². The normalized spacial score (nSPS) is 14.8. The fourth-order valence-electron chi connectivity index (χ4n) is 1.45. The Morgan fingerprint density at radius 1 is 1.53 bits per heavy atom. The van der Waals surface area contributed by atoms with Crippen molar-refractivity contribution in [2.45, 2.75) is 19.1 Å². The molecule has 0 spiro atoms. The lowest BCUT2D eigenvalue weighted by atomic mass is 10.0. The average Bonchev–Trinajstić information content (AvgIpc) is 2.28. The molecule has 0 fully saturated rings. The van der Waals surface area contributed by atoms with Gasteiger partial charge in [0.1, 0.15) is 0 Å². The van der Waals surface area contributed by atoms with Gasteiger partial charge in [-0.1, -0.05) is 42.5 Å². The van der Waals surface area contributed by atoms with Crippen LogP contribution in [0.2, 0.25) is 5.02 Å². The number of hydrogen-bond donors (Lipinski definition) is 0. The summed E-state index contributed by atoms with van der Waals surface area (Å²) in [4.78, 5) is 0. The van der Waals surface area contributed by atoms with E-state index < -0.39 is 16.3 Å². The highest BCUT2D eigenvalue weighted by molar-refractivity contribution is 7.80. The smallest absolute Gasteiger partial charge is 0.0481 e. The SMILES string of the molecule is C=Cc1c(Cl)ccc(/C=C\C(C)S(=O)[O-])c1C. The van der Waals surface area contributed by atoms with E-state index in [2.05, 4.69) is 6.58 Å². The molecule has 0 heterocycles. The summed E-state index contributed by atoms with van der Waals surface area (Å²) in [6.07, 6.45) is 5.13. The van der Waals surface area contributed by atoms with Crippen LogP contribution in [0.3, 0.4) is 0 Å². The zero-order chi connectivity index (χ0) is 13.0. The lowest BCUT2D eigenvalue weighted by Crippen LogP contribution is -2.05. The van der Waals surface area contributed by atoms with Gasteiger partial charge in [-0.15, -0.1) is 0 Å². The molecule has 0 amide bonds. The van der Waals surface area contributed by atoms with Crippen molar-refractivity contribution in [1.29, 1.82) is 0 Å². The highest BCUT2D eigenvalue weighted by atomic mass is 35.5. The third-order valence-electron chi connectivity index (χ3n) is 2.56. The van der Waals surface area contributed by atoms with Crippen LogP contribution in [-0.2, 0) is 11.1 Å². The Kier molecular flexibility index (Phi) is 5.12. The van der Waals surface area contributed by atoms with Crippen molar-refractivity contribution in [3.8, 4) is 0 Å². The first-order valence-electron chi connectivity index (χ1n) is 5.15. The minimum Gasteiger partial charge on any atom is -0.772 e. The summed E-state index contributed by atoms with van der Waals surface area (Å²) < 4.78 is 21.4. The lowest BCUT2D eigenvalue weighted by molar-refractivity contribution is 0.532. The van der Waals surface area contributed by atoms with Crippen LogP contribution in [0.15, 0.2) is 24.8 Å². The molecule has 0 bridgehead atoms. The van der Waals surface area contributed by atoms with Crippen LogP contribution in [0.4, 0.5) is 0 Å². The second-order valence-electron chi connectivity index (χ2n) is 3.70. The first kappa shape index (κ1) is 14.2. The Hall–Kier alpha value is -0.900. The molecule has 0 aromatic heterocycles. The summed E-state index contributed by atoms with van der Waals surface area (Å²) in [7, 11) is 0. The fourth-order valence-corrected chi connectivity index (χ4v) is 1.94. The third-order valence-corrected chi connectivity index (χ3v) is 3.65. The Balaban J connectivity index is 3.08. The van der Waals surface area contributed by atoms with Gasteiger partial charge in [0.05, 0.1) is 0 Å². The first-order valence-corrected chi connectivity index (χ1v) is 6.66. The minimum atomic E-state index is -2.09. The number of halogens is 1. The highest BCUT2D eigenvalue weighted by Gasteiger charge is 2.04. The van der Waals surface area contributed by atoms with Gasteiger partial charge in [0.15, 0.2) is 0 Å². The van der Waals surface area contributed by atoms with Gasteiger partial charge in [0.2, 0.25) is 0 Å². The molecule has 0 aliphatic carbocycles. The molecule has 1 aromatic carbocycles. The molecule has 0 aliphatic rings. The van der Waals surface area contributed by atoms with E-state index in [1.165, 1.54) is 0 Å². The third kappa shape index (κ3) is 3.53. The van der Waals surface area contributed by atoms with Gasteiger partial charge < -0.3 is 4.55 Å². The van der Waals surface area contributed by atoms with Crippen molar-refractivity contribution in [3.05, 3.63) is 46.5 Å². The van der Waals surface area contributed by atoms with Crippen molar-refractivity contribution in [2.75, 3.05) is 0 Å². The molecule has 1 aromatic rings. The molecule has 2 atom stereocenters. The van der Waals surface area contributed by atoms with Crippen molar-refractivity contribution in [3.63, 3.8) is 0 Å². The van der Waals surface area contributed by atoms with Crippen molar-refractivity contribution < 1.29 is 8.76 Å². The second-order valence-corrected chi connectivity index (χ2v) is 5.38. The van der Waals surface area contributed by atoms with Crippen molar-refractivity contribution >= 4 is 34.8 Å². The molecule has 1 rings (SSSR count). The van der Waals surface area contributed by atoms with E-state index >= 15 is 0 Å². The molecule has 17 heavy (non-hydrogen) atoms. The zero-order valence-corrected chi connectivity index (χ0v) is 11.3. The van der Waals surface area contributed by atoms with Gasteiger partial charge in [0, 0.05) is 10.3 Å². The van der Waals surface area contributed by atoms with Crippen LogP contribution in [0.5, 0.6) is 0 Å². The second kappa shape index (κ2) is 6.15. The standard InChI is InChI=1S/C13H15ClO2S/c1-4-12-10(3)11(7-8-13(12)14)6-5-9(2)17(15)16/h4-9H,1H2,2-3H3,(H,15,16)/p-1/b6-5-. The molecule has 2 nitrogen and oxygen atoms in total. The number of benzene rings is 1. The molecule has 4 heteroatoms. The molecule has 0 saturated carbocycles. The van der Waals surface area contributed by atoms with Gasteiger partial charge in [-0.25, -0.2) is 0 Å². The Bertz CT molecular complexity index is 481. The summed E-state index contributed by atoms with van der Waals surface area (Å²) in [6, 6.07) is 3.64. The van der Waals surface area contributed by atoms with E-state index in [9.17, 15) is 8.76 Å². The maximum absolute atomic E-state index is 10.7. The summed E-state index contributed by atoms with van der Waals surface area (Å²) in [6.45, 7) is 7.27. The average molecular weight is 270 g/mol. The summed E-state index contributed by atoms with van der Waals surface area (Å²) >= 11 is 3.94.